The molecule has 2 aromatic carbocycles. The van der Waals surface area contributed by atoms with Gasteiger partial charge in [0.15, 0.2) is 5.16 Å². The van der Waals surface area contributed by atoms with Gasteiger partial charge in [0.2, 0.25) is 0 Å². The highest BCUT2D eigenvalue weighted by Crippen LogP contribution is 2.25. The van der Waals surface area contributed by atoms with Gasteiger partial charge in [0.1, 0.15) is 0 Å². The smallest absolute Gasteiger partial charge is 0.250 e. The topological polar surface area (TPSA) is 64.2 Å². The molecule has 4 rings (SSSR count). The van der Waals surface area contributed by atoms with E-state index in [1.807, 2.05) is 78.5 Å². The summed E-state index contributed by atoms with van der Waals surface area (Å²) in [6.07, 6.45) is 3.54. The molecule has 0 saturated heterocycles. The summed E-state index contributed by atoms with van der Waals surface area (Å²) in [5.74, 6) is 0.0320. The van der Waals surface area contributed by atoms with Crippen LogP contribution in [0, 0.1) is 0 Å². The molecule has 6 nitrogen and oxygen atoms in total. The van der Waals surface area contributed by atoms with Crippen LogP contribution in [-0.4, -0.2) is 32.0 Å². The first-order valence-corrected chi connectivity index (χ1v) is 10.7. The summed E-state index contributed by atoms with van der Waals surface area (Å²) in [7, 11) is 1.92. The molecule has 4 aromatic rings. The number of amides is 1. The molecule has 0 aliphatic rings. The second-order valence-electron chi connectivity index (χ2n) is 6.72. The van der Waals surface area contributed by atoms with Crippen LogP contribution in [0.1, 0.15) is 11.3 Å². The van der Waals surface area contributed by atoms with Crippen LogP contribution in [0.4, 0.5) is 0 Å². The number of thioether (sulfide) groups is 1. The summed E-state index contributed by atoms with van der Waals surface area (Å²) >= 11 is 7.40. The number of hydrogen-bond acceptors (Lipinski definition) is 4. The first kappa shape index (κ1) is 20.3. The predicted octanol–water partition coefficient (Wildman–Crippen LogP) is 4.32. The number of rotatable bonds is 7. The number of aromatic nitrogens is 3. The van der Waals surface area contributed by atoms with Gasteiger partial charge in [0, 0.05) is 18.3 Å². The van der Waals surface area contributed by atoms with Gasteiger partial charge in [0.05, 0.1) is 35.2 Å². The number of hydrogen-bond donors (Lipinski definition) is 1. The van der Waals surface area contributed by atoms with Crippen molar-refractivity contribution in [2.45, 2.75) is 11.7 Å². The third kappa shape index (κ3) is 4.75. The van der Waals surface area contributed by atoms with E-state index in [9.17, 15) is 4.79 Å². The van der Waals surface area contributed by atoms with Gasteiger partial charge >= 0.3 is 0 Å². The summed E-state index contributed by atoms with van der Waals surface area (Å²) in [4.78, 5) is 17.0. The van der Waals surface area contributed by atoms with E-state index in [1.165, 1.54) is 11.8 Å². The predicted molar refractivity (Wildman–Crippen MR) is 122 cm³/mol. The number of fused-ring (bicyclic) bond motifs is 1. The Balaban J connectivity index is 1.46. The third-order valence-corrected chi connectivity index (χ3v) is 5.80. The standard InChI is InChI=1S/C22H20ClN5OS/c1-27-12-4-5-18(27)13-24-26-21(29)15-30-22-25-19-6-2-3-7-20(19)28(22)14-16-8-10-17(23)11-9-16/h2-13H,14-15H2,1H3,(H,26,29). The molecule has 0 spiro atoms. The minimum Gasteiger partial charge on any atom is -0.350 e. The van der Waals surface area contributed by atoms with Crippen molar-refractivity contribution in [3.8, 4) is 0 Å². The molecule has 152 valence electrons. The number of hydrazone groups is 1. The lowest BCUT2D eigenvalue weighted by Crippen LogP contribution is -2.20. The lowest BCUT2D eigenvalue weighted by atomic mass is 10.2. The molecule has 0 bridgehead atoms. The van der Waals surface area contributed by atoms with Crippen LogP contribution in [0.3, 0.4) is 0 Å². The number of aryl methyl sites for hydroxylation is 1. The average molecular weight is 438 g/mol. The average Bonchev–Trinajstić information content (AvgIpc) is 3.31. The molecule has 2 aromatic heterocycles. The van der Waals surface area contributed by atoms with Gasteiger partial charge < -0.3 is 9.13 Å². The molecule has 0 atom stereocenters. The van der Waals surface area contributed by atoms with Crippen molar-refractivity contribution in [3.63, 3.8) is 0 Å². The van der Waals surface area contributed by atoms with Crippen molar-refractivity contribution in [1.82, 2.24) is 19.5 Å². The van der Waals surface area contributed by atoms with E-state index in [0.717, 1.165) is 27.4 Å². The van der Waals surface area contributed by atoms with Crippen LogP contribution in [0.2, 0.25) is 5.02 Å². The number of carbonyl (C=O) groups is 1. The highest BCUT2D eigenvalue weighted by molar-refractivity contribution is 7.99. The van der Waals surface area contributed by atoms with Crippen molar-refractivity contribution >= 4 is 46.5 Å². The van der Waals surface area contributed by atoms with Crippen molar-refractivity contribution in [2.24, 2.45) is 12.1 Å². The van der Waals surface area contributed by atoms with Crippen LogP contribution < -0.4 is 5.43 Å². The van der Waals surface area contributed by atoms with Gasteiger partial charge in [-0.2, -0.15) is 5.10 Å². The van der Waals surface area contributed by atoms with E-state index in [0.29, 0.717) is 11.6 Å². The van der Waals surface area contributed by atoms with Crippen LogP contribution in [0.25, 0.3) is 11.0 Å². The van der Waals surface area contributed by atoms with Gasteiger partial charge in [-0.05, 0) is 42.0 Å². The van der Waals surface area contributed by atoms with E-state index in [2.05, 4.69) is 15.1 Å². The van der Waals surface area contributed by atoms with Crippen molar-refractivity contribution in [1.29, 1.82) is 0 Å². The molecule has 30 heavy (non-hydrogen) atoms. The molecule has 1 amide bonds. The second kappa shape index (κ2) is 9.19. The normalized spacial score (nSPS) is 11.4. The first-order valence-electron chi connectivity index (χ1n) is 9.36. The van der Waals surface area contributed by atoms with Crippen molar-refractivity contribution in [3.05, 3.63) is 83.1 Å². The zero-order valence-electron chi connectivity index (χ0n) is 16.3. The fourth-order valence-electron chi connectivity index (χ4n) is 3.03. The molecule has 8 heteroatoms. The van der Waals surface area contributed by atoms with Crippen LogP contribution in [0.15, 0.2) is 77.1 Å². The second-order valence-corrected chi connectivity index (χ2v) is 8.10. The summed E-state index contributed by atoms with van der Waals surface area (Å²) in [6, 6.07) is 19.5. The van der Waals surface area contributed by atoms with Crippen LogP contribution >= 0.6 is 23.4 Å². The number of nitrogens with zero attached hydrogens (tertiary/aromatic N) is 4. The number of halogens is 1. The Bertz CT molecular complexity index is 1200. The van der Waals surface area contributed by atoms with E-state index in [4.69, 9.17) is 16.6 Å². The monoisotopic (exact) mass is 437 g/mol. The largest absolute Gasteiger partial charge is 0.350 e. The summed E-state index contributed by atoms with van der Waals surface area (Å²) < 4.78 is 4.04. The Morgan fingerprint density at radius 1 is 1.17 bits per heavy atom. The number of para-hydroxylation sites is 2. The Kier molecular flexibility index (Phi) is 6.21. The Hall–Kier alpha value is -3.03. The molecular formula is C22H20ClN5OS. The maximum atomic E-state index is 12.2. The lowest BCUT2D eigenvalue weighted by molar-refractivity contribution is -0.118. The van der Waals surface area contributed by atoms with Crippen LogP contribution in [-0.2, 0) is 18.4 Å². The molecule has 0 aliphatic heterocycles. The van der Waals surface area contributed by atoms with E-state index < -0.39 is 0 Å². The molecule has 0 radical (unpaired) electrons. The number of imidazole rings is 1. The fraction of sp³-hybridized carbons (Fsp3) is 0.136. The third-order valence-electron chi connectivity index (χ3n) is 4.58. The Morgan fingerprint density at radius 3 is 2.73 bits per heavy atom. The number of benzene rings is 2. The van der Waals surface area contributed by atoms with E-state index >= 15 is 0 Å². The fourth-order valence-corrected chi connectivity index (χ4v) is 3.96. The van der Waals surface area contributed by atoms with Gasteiger partial charge in [-0.15, -0.1) is 0 Å². The minimum atomic E-state index is -0.185. The Morgan fingerprint density at radius 2 is 1.97 bits per heavy atom. The summed E-state index contributed by atoms with van der Waals surface area (Å²) in [5, 5.41) is 5.52. The number of carbonyl (C=O) groups excluding carboxylic acids is 1. The number of nitrogens with one attached hydrogen (secondary N) is 1. The van der Waals surface area contributed by atoms with Crippen molar-refractivity contribution < 1.29 is 4.79 Å². The maximum absolute atomic E-state index is 12.2. The Labute approximate surface area is 183 Å². The molecule has 0 aliphatic carbocycles. The molecule has 0 saturated carbocycles. The lowest BCUT2D eigenvalue weighted by Gasteiger charge is -2.09. The van der Waals surface area contributed by atoms with Crippen LogP contribution in [0.5, 0.6) is 0 Å². The van der Waals surface area contributed by atoms with E-state index in [-0.39, 0.29) is 11.7 Å². The summed E-state index contributed by atoms with van der Waals surface area (Å²) in [6.45, 7) is 0.646. The molecule has 1 N–H and O–H groups in total. The SMILES string of the molecule is Cn1cccc1C=NNC(=O)CSc1nc2ccccc2n1Cc1ccc(Cl)cc1. The molecule has 0 unspecified atom stereocenters. The molecule has 0 fully saturated rings. The van der Waals surface area contributed by atoms with Gasteiger partial charge in [-0.25, -0.2) is 10.4 Å². The van der Waals surface area contributed by atoms with Crippen molar-refractivity contribution in [2.75, 3.05) is 5.75 Å². The van der Waals surface area contributed by atoms with E-state index in [1.54, 1.807) is 6.21 Å². The van der Waals surface area contributed by atoms with Gasteiger partial charge in [-0.1, -0.05) is 47.6 Å². The zero-order valence-corrected chi connectivity index (χ0v) is 17.9. The molecule has 2 heterocycles. The van der Waals surface area contributed by atoms with Gasteiger partial charge in [0.25, 0.3) is 5.91 Å². The maximum Gasteiger partial charge on any atom is 0.250 e. The molecular weight excluding hydrogens is 418 g/mol. The minimum absolute atomic E-state index is 0.185. The quantitative estimate of drug-likeness (QED) is 0.266. The highest BCUT2D eigenvalue weighted by Gasteiger charge is 2.13. The first-order chi connectivity index (χ1) is 14.6. The van der Waals surface area contributed by atoms with Gasteiger partial charge in [-0.3, -0.25) is 4.79 Å². The zero-order chi connectivity index (χ0) is 20.9. The highest BCUT2D eigenvalue weighted by atomic mass is 35.5. The summed E-state index contributed by atoms with van der Waals surface area (Å²) in [5.41, 5.74) is 6.52.